The maximum absolute atomic E-state index is 11.3. The normalized spacial score (nSPS) is 23.9. The van der Waals surface area contributed by atoms with Crippen LogP contribution in [0, 0.1) is 0 Å². The lowest BCUT2D eigenvalue weighted by Crippen LogP contribution is -2.46. The summed E-state index contributed by atoms with van der Waals surface area (Å²) in [5, 5.41) is 13.1. The van der Waals surface area contributed by atoms with E-state index in [4.69, 9.17) is 10.8 Å². The second-order valence-corrected chi connectivity index (χ2v) is 4.13. The Morgan fingerprint density at radius 2 is 2.12 bits per heavy atom. The lowest BCUT2D eigenvalue weighted by atomic mass is 10.2. The zero-order chi connectivity index (χ0) is 12.6. The highest BCUT2D eigenvalue weighted by Gasteiger charge is 2.41. The van der Waals surface area contributed by atoms with Crippen LogP contribution >= 0.6 is 0 Å². The number of hydrogen-bond donors (Lipinski definition) is 2. The van der Waals surface area contributed by atoms with Crippen molar-refractivity contribution in [3.8, 4) is 0 Å². The van der Waals surface area contributed by atoms with Crippen LogP contribution in [0.15, 0.2) is 12.4 Å². The molecule has 1 aromatic rings. The molecule has 3 N–H and O–H groups in total. The van der Waals surface area contributed by atoms with Crippen molar-refractivity contribution in [3.05, 3.63) is 12.4 Å². The lowest BCUT2D eigenvalue weighted by molar-refractivity contribution is -0.138. The number of amides is 1. The number of nitrogens with two attached hydrogens (primary N) is 1. The van der Waals surface area contributed by atoms with E-state index in [1.807, 2.05) is 0 Å². The van der Waals surface area contributed by atoms with Crippen LogP contribution in [0.1, 0.15) is 12.8 Å². The molecule has 2 rings (SSSR count). The minimum Gasteiger partial charge on any atom is -0.480 e. The van der Waals surface area contributed by atoms with E-state index < -0.39 is 24.0 Å². The summed E-state index contributed by atoms with van der Waals surface area (Å²) in [7, 11) is 1.73. The molecule has 1 saturated heterocycles. The van der Waals surface area contributed by atoms with E-state index in [-0.39, 0.29) is 0 Å². The number of aliphatic carboxylic acids is 1. The van der Waals surface area contributed by atoms with Gasteiger partial charge in [-0.1, -0.05) is 0 Å². The summed E-state index contributed by atoms with van der Waals surface area (Å²) in [4.78, 5) is 24.0. The van der Waals surface area contributed by atoms with Gasteiger partial charge in [0.25, 0.3) is 0 Å². The van der Waals surface area contributed by atoms with Crippen LogP contribution < -0.4 is 10.6 Å². The molecule has 1 aromatic heterocycles. The van der Waals surface area contributed by atoms with Crippen molar-refractivity contribution in [3.63, 3.8) is 0 Å². The molecule has 7 heteroatoms. The van der Waals surface area contributed by atoms with Gasteiger partial charge < -0.3 is 15.7 Å². The molecule has 2 atom stereocenters. The molecule has 17 heavy (non-hydrogen) atoms. The van der Waals surface area contributed by atoms with E-state index >= 15 is 0 Å². The summed E-state index contributed by atoms with van der Waals surface area (Å²) in [5.74, 6) is -1.45. The first-order chi connectivity index (χ1) is 8.00. The van der Waals surface area contributed by atoms with Gasteiger partial charge in [-0.15, -0.1) is 0 Å². The van der Waals surface area contributed by atoms with Gasteiger partial charge in [-0.3, -0.25) is 9.48 Å². The van der Waals surface area contributed by atoms with E-state index in [0.29, 0.717) is 18.5 Å². The van der Waals surface area contributed by atoms with Gasteiger partial charge in [0, 0.05) is 13.2 Å². The largest absolute Gasteiger partial charge is 0.480 e. The minimum atomic E-state index is -0.947. The van der Waals surface area contributed by atoms with Gasteiger partial charge in [0.15, 0.2) is 0 Å². The third kappa shape index (κ3) is 1.95. The van der Waals surface area contributed by atoms with Crippen molar-refractivity contribution < 1.29 is 14.7 Å². The van der Waals surface area contributed by atoms with E-state index in [1.165, 1.54) is 11.1 Å². The minimum absolute atomic E-state index is 0.415. The molecule has 2 unspecified atom stereocenters. The molecular weight excluding hydrogens is 224 g/mol. The van der Waals surface area contributed by atoms with Gasteiger partial charge in [0.05, 0.1) is 11.9 Å². The summed E-state index contributed by atoms with van der Waals surface area (Å²) in [6, 6.07) is -1.28. The highest BCUT2D eigenvalue weighted by atomic mass is 16.4. The molecule has 0 aliphatic carbocycles. The average Bonchev–Trinajstić information content (AvgIpc) is 2.81. The molecule has 0 radical (unpaired) electrons. The Hall–Kier alpha value is -2.05. The predicted molar refractivity (Wildman–Crippen MR) is 59.3 cm³/mol. The average molecular weight is 238 g/mol. The van der Waals surface area contributed by atoms with E-state index in [2.05, 4.69) is 5.10 Å². The first kappa shape index (κ1) is 11.4. The molecule has 1 amide bonds. The summed E-state index contributed by atoms with van der Waals surface area (Å²) in [6.07, 6.45) is 4.09. The maximum atomic E-state index is 11.3. The number of primary amides is 1. The molecule has 1 fully saturated rings. The Balaban J connectivity index is 2.35. The molecule has 1 aliphatic heterocycles. The fraction of sp³-hybridized carbons (Fsp3) is 0.500. The molecule has 0 saturated carbocycles. The van der Waals surface area contributed by atoms with Gasteiger partial charge in [-0.25, -0.2) is 4.79 Å². The van der Waals surface area contributed by atoms with Crippen molar-refractivity contribution in [2.75, 3.05) is 4.90 Å². The van der Waals surface area contributed by atoms with E-state index in [1.54, 1.807) is 17.9 Å². The second-order valence-electron chi connectivity index (χ2n) is 4.13. The fourth-order valence-corrected chi connectivity index (χ4v) is 2.23. The number of hydrogen-bond acceptors (Lipinski definition) is 4. The van der Waals surface area contributed by atoms with Gasteiger partial charge in [0.1, 0.15) is 12.1 Å². The third-order valence-electron chi connectivity index (χ3n) is 2.99. The summed E-state index contributed by atoms with van der Waals surface area (Å²) >= 11 is 0. The molecule has 7 nitrogen and oxygen atoms in total. The fourth-order valence-electron chi connectivity index (χ4n) is 2.23. The predicted octanol–water partition coefficient (Wildman–Crippen LogP) is -0.673. The molecule has 0 spiro atoms. The number of nitrogens with zero attached hydrogens (tertiary/aromatic N) is 3. The van der Waals surface area contributed by atoms with Crippen molar-refractivity contribution in [2.24, 2.45) is 12.8 Å². The Morgan fingerprint density at radius 1 is 1.47 bits per heavy atom. The molecule has 1 aliphatic rings. The van der Waals surface area contributed by atoms with Crippen LogP contribution in [-0.4, -0.2) is 38.8 Å². The summed E-state index contributed by atoms with van der Waals surface area (Å²) < 4.78 is 1.56. The van der Waals surface area contributed by atoms with Crippen molar-refractivity contribution in [1.82, 2.24) is 9.78 Å². The summed E-state index contributed by atoms with van der Waals surface area (Å²) in [5.41, 5.74) is 5.91. The van der Waals surface area contributed by atoms with E-state index in [9.17, 15) is 9.59 Å². The van der Waals surface area contributed by atoms with Crippen LogP contribution in [0.2, 0.25) is 0 Å². The smallest absolute Gasteiger partial charge is 0.326 e. The van der Waals surface area contributed by atoms with Crippen molar-refractivity contribution in [2.45, 2.75) is 24.9 Å². The number of rotatable bonds is 3. The Morgan fingerprint density at radius 3 is 2.59 bits per heavy atom. The SMILES string of the molecule is Cn1cc(N2C(C(N)=O)CCC2C(=O)O)cn1. The van der Waals surface area contributed by atoms with Gasteiger partial charge in [-0.05, 0) is 12.8 Å². The summed E-state index contributed by atoms with van der Waals surface area (Å²) in [6.45, 7) is 0. The Kier molecular flexibility index (Phi) is 2.74. The highest BCUT2D eigenvalue weighted by molar-refractivity contribution is 5.89. The van der Waals surface area contributed by atoms with E-state index in [0.717, 1.165) is 0 Å². The van der Waals surface area contributed by atoms with Crippen molar-refractivity contribution in [1.29, 1.82) is 0 Å². The number of carboxylic acids is 1. The molecule has 92 valence electrons. The third-order valence-corrected chi connectivity index (χ3v) is 2.99. The number of carbonyl (C=O) groups excluding carboxylic acids is 1. The highest BCUT2D eigenvalue weighted by Crippen LogP contribution is 2.30. The Labute approximate surface area is 97.8 Å². The molecule has 0 bridgehead atoms. The van der Waals surface area contributed by atoms with Crippen LogP contribution in [0.5, 0.6) is 0 Å². The first-order valence-corrected chi connectivity index (χ1v) is 5.30. The van der Waals surface area contributed by atoms with Crippen LogP contribution in [0.3, 0.4) is 0 Å². The van der Waals surface area contributed by atoms with Gasteiger partial charge in [0.2, 0.25) is 5.91 Å². The standard InChI is InChI=1S/C10H14N4O3/c1-13-5-6(4-12-13)14-7(9(11)15)2-3-8(14)10(16)17/h4-5,7-8H,2-3H2,1H3,(H2,11,15)(H,16,17). The molecule has 2 heterocycles. The van der Waals surface area contributed by atoms with Crippen LogP contribution in [-0.2, 0) is 16.6 Å². The van der Waals surface area contributed by atoms with Crippen LogP contribution in [0.4, 0.5) is 5.69 Å². The number of aryl methyl sites for hydroxylation is 1. The van der Waals surface area contributed by atoms with Crippen LogP contribution in [0.25, 0.3) is 0 Å². The topological polar surface area (TPSA) is 101 Å². The number of anilines is 1. The first-order valence-electron chi connectivity index (χ1n) is 5.30. The van der Waals surface area contributed by atoms with Crippen molar-refractivity contribution >= 4 is 17.6 Å². The number of carbonyl (C=O) groups is 2. The molecular formula is C10H14N4O3. The van der Waals surface area contributed by atoms with Gasteiger partial charge in [-0.2, -0.15) is 5.10 Å². The monoisotopic (exact) mass is 238 g/mol. The van der Waals surface area contributed by atoms with Gasteiger partial charge >= 0.3 is 5.97 Å². The number of aromatic nitrogens is 2. The zero-order valence-electron chi connectivity index (χ0n) is 9.41. The lowest BCUT2D eigenvalue weighted by Gasteiger charge is -2.26. The quantitative estimate of drug-likeness (QED) is 0.727. The maximum Gasteiger partial charge on any atom is 0.326 e. The zero-order valence-corrected chi connectivity index (χ0v) is 9.41. The Bertz CT molecular complexity index is 434. The number of carboxylic acid groups (broad SMARTS) is 1. The molecule has 0 aromatic carbocycles. The second kappa shape index (κ2) is 4.08.